The normalized spacial score (nSPS) is 18.8. The predicted molar refractivity (Wildman–Crippen MR) is 143 cm³/mol. The van der Waals surface area contributed by atoms with Gasteiger partial charge in [-0.25, -0.2) is 0 Å². The number of aryl methyl sites for hydroxylation is 1. The first kappa shape index (κ1) is 26.3. The lowest BCUT2D eigenvalue weighted by Gasteiger charge is -2.39. The lowest BCUT2D eigenvalue weighted by molar-refractivity contribution is 0.0804. The molecular weight excluding hydrogens is 474 g/mol. The Balaban J connectivity index is 0.00000304. The molecule has 0 spiro atoms. The van der Waals surface area contributed by atoms with Gasteiger partial charge in [0.2, 0.25) is 0 Å². The maximum absolute atomic E-state index is 13.5. The summed E-state index contributed by atoms with van der Waals surface area (Å²) in [5.41, 5.74) is 3.81. The molecule has 3 heterocycles. The number of ketones is 1. The summed E-state index contributed by atoms with van der Waals surface area (Å²) in [6.07, 6.45) is 6.14. The van der Waals surface area contributed by atoms with Crippen molar-refractivity contribution in [2.45, 2.75) is 25.0 Å². The lowest BCUT2D eigenvalue weighted by atomic mass is 9.91. The molecular formula is C29H34ClN3O3. The van der Waals surface area contributed by atoms with Crippen LogP contribution in [0.4, 0.5) is 0 Å². The maximum Gasteiger partial charge on any atom is 0.193 e. The molecule has 0 amide bonds. The van der Waals surface area contributed by atoms with E-state index in [0.717, 1.165) is 69.0 Å². The molecule has 2 atom stereocenters. The number of hydrogen-bond acceptors (Lipinski definition) is 6. The van der Waals surface area contributed by atoms with E-state index in [1.54, 1.807) is 7.11 Å². The molecule has 6 nitrogen and oxygen atoms in total. The molecule has 3 aromatic rings. The molecule has 0 saturated carbocycles. The van der Waals surface area contributed by atoms with Crippen LogP contribution in [0.3, 0.4) is 0 Å². The number of carbonyl (C=O) groups excluding carboxylic acids is 1. The zero-order chi connectivity index (χ0) is 24.0. The number of carbonyl (C=O) groups is 1. The minimum Gasteiger partial charge on any atom is -0.497 e. The fourth-order valence-corrected chi connectivity index (χ4v) is 5.05. The van der Waals surface area contributed by atoms with Gasteiger partial charge < -0.3 is 14.4 Å². The second-order valence-electron chi connectivity index (χ2n) is 9.30. The van der Waals surface area contributed by atoms with Crippen LogP contribution < -0.4 is 4.74 Å². The number of piperazine rings is 1. The number of aromatic nitrogens is 1. The van der Waals surface area contributed by atoms with E-state index in [1.165, 1.54) is 5.56 Å². The van der Waals surface area contributed by atoms with Crippen LogP contribution in [0.2, 0.25) is 0 Å². The van der Waals surface area contributed by atoms with Crippen LogP contribution in [0.15, 0.2) is 73.1 Å². The lowest BCUT2D eigenvalue weighted by Crippen LogP contribution is -2.49. The highest BCUT2D eigenvalue weighted by atomic mass is 35.5. The van der Waals surface area contributed by atoms with Crippen molar-refractivity contribution in [1.82, 2.24) is 14.8 Å². The number of ether oxygens (including phenoxy) is 2. The van der Waals surface area contributed by atoms with Gasteiger partial charge in [-0.05, 0) is 60.8 Å². The number of rotatable bonds is 10. The number of epoxide rings is 1. The van der Waals surface area contributed by atoms with Crippen molar-refractivity contribution in [2.24, 2.45) is 0 Å². The van der Waals surface area contributed by atoms with Crippen LogP contribution in [0.25, 0.3) is 0 Å². The standard InChI is InChI=1S/C29H33N3O3.ClH/c1-34-24-12-10-23(11-13-24)29(33)26-9-3-2-8-25(26)28(27-21-35-27)32-18-16-31(17-19-32)15-5-7-22-6-4-14-30-20-22;/h2-4,6,8-14,20,27-28H,5,7,15-19,21H2,1H3;1H. The molecule has 0 radical (unpaired) electrons. The molecule has 190 valence electrons. The molecule has 0 N–H and O–H groups in total. The van der Waals surface area contributed by atoms with E-state index in [-0.39, 0.29) is 30.3 Å². The van der Waals surface area contributed by atoms with Gasteiger partial charge in [-0.3, -0.25) is 14.7 Å². The SMILES string of the molecule is COc1ccc(C(=O)c2ccccc2C(C2CO2)N2CCN(CCCc3cccnc3)CC2)cc1.Cl. The Morgan fingerprint density at radius 2 is 1.81 bits per heavy atom. The highest BCUT2D eigenvalue weighted by Crippen LogP contribution is 2.36. The van der Waals surface area contributed by atoms with E-state index in [2.05, 4.69) is 26.9 Å². The van der Waals surface area contributed by atoms with Crippen molar-refractivity contribution in [2.75, 3.05) is 46.4 Å². The highest BCUT2D eigenvalue weighted by Gasteiger charge is 2.40. The topological polar surface area (TPSA) is 58.2 Å². The molecule has 2 aliphatic heterocycles. The number of hydrogen-bond donors (Lipinski definition) is 0. The molecule has 2 aliphatic rings. The Morgan fingerprint density at radius 1 is 1.06 bits per heavy atom. The van der Waals surface area contributed by atoms with Gasteiger partial charge in [0.15, 0.2) is 5.78 Å². The minimum absolute atomic E-state index is 0. The molecule has 0 bridgehead atoms. The Kier molecular flexibility index (Phi) is 9.10. The van der Waals surface area contributed by atoms with E-state index in [0.29, 0.717) is 5.56 Å². The van der Waals surface area contributed by atoms with Crippen LogP contribution in [-0.2, 0) is 11.2 Å². The van der Waals surface area contributed by atoms with E-state index in [4.69, 9.17) is 9.47 Å². The molecule has 2 fully saturated rings. The molecule has 1 aromatic heterocycles. The Hall–Kier alpha value is -2.77. The first-order valence-corrected chi connectivity index (χ1v) is 12.5. The minimum atomic E-state index is 0. The zero-order valence-electron chi connectivity index (χ0n) is 20.7. The van der Waals surface area contributed by atoms with Crippen LogP contribution >= 0.6 is 12.4 Å². The highest BCUT2D eigenvalue weighted by molar-refractivity contribution is 6.10. The van der Waals surface area contributed by atoms with Crippen molar-refractivity contribution >= 4 is 18.2 Å². The fraction of sp³-hybridized carbons (Fsp3) is 0.379. The third-order valence-electron chi connectivity index (χ3n) is 7.05. The summed E-state index contributed by atoms with van der Waals surface area (Å²) in [5.74, 6) is 0.792. The predicted octanol–water partition coefficient (Wildman–Crippen LogP) is 4.43. The van der Waals surface area contributed by atoms with Gasteiger partial charge in [-0.1, -0.05) is 30.3 Å². The van der Waals surface area contributed by atoms with E-state index >= 15 is 0 Å². The summed E-state index contributed by atoms with van der Waals surface area (Å²) < 4.78 is 11.1. The van der Waals surface area contributed by atoms with E-state index < -0.39 is 0 Å². The number of pyridine rings is 1. The van der Waals surface area contributed by atoms with Gasteiger partial charge in [0.05, 0.1) is 19.8 Å². The van der Waals surface area contributed by atoms with Crippen LogP contribution in [0.1, 0.15) is 39.5 Å². The number of methoxy groups -OCH3 is 1. The van der Waals surface area contributed by atoms with E-state index in [1.807, 2.05) is 60.9 Å². The zero-order valence-corrected chi connectivity index (χ0v) is 21.5. The van der Waals surface area contributed by atoms with Gasteiger partial charge >= 0.3 is 0 Å². The molecule has 2 aromatic carbocycles. The maximum atomic E-state index is 13.5. The molecule has 36 heavy (non-hydrogen) atoms. The summed E-state index contributed by atoms with van der Waals surface area (Å²) in [7, 11) is 1.63. The van der Waals surface area contributed by atoms with Crippen molar-refractivity contribution in [3.05, 3.63) is 95.3 Å². The van der Waals surface area contributed by atoms with Gasteiger partial charge in [0, 0.05) is 49.7 Å². The Labute approximate surface area is 219 Å². The smallest absolute Gasteiger partial charge is 0.193 e. The van der Waals surface area contributed by atoms with Crippen LogP contribution in [0.5, 0.6) is 5.75 Å². The van der Waals surface area contributed by atoms with Gasteiger partial charge in [-0.2, -0.15) is 0 Å². The second-order valence-corrected chi connectivity index (χ2v) is 9.30. The largest absolute Gasteiger partial charge is 0.497 e. The van der Waals surface area contributed by atoms with Crippen molar-refractivity contribution in [1.29, 1.82) is 0 Å². The molecule has 2 saturated heterocycles. The van der Waals surface area contributed by atoms with Gasteiger partial charge in [0.1, 0.15) is 11.9 Å². The summed E-state index contributed by atoms with van der Waals surface area (Å²) >= 11 is 0. The average molecular weight is 508 g/mol. The third kappa shape index (κ3) is 6.31. The summed E-state index contributed by atoms with van der Waals surface area (Å²) in [5, 5.41) is 0. The third-order valence-corrected chi connectivity index (χ3v) is 7.05. The first-order valence-electron chi connectivity index (χ1n) is 12.5. The van der Waals surface area contributed by atoms with Crippen molar-refractivity contribution < 1.29 is 14.3 Å². The Bertz CT molecular complexity index is 1110. The average Bonchev–Trinajstić information content (AvgIpc) is 3.76. The molecule has 7 heteroatoms. The monoisotopic (exact) mass is 507 g/mol. The number of nitrogens with zero attached hydrogens (tertiary/aromatic N) is 3. The number of halogens is 1. The molecule has 2 unspecified atom stereocenters. The van der Waals surface area contributed by atoms with Crippen LogP contribution in [-0.4, -0.2) is 73.1 Å². The molecule has 5 rings (SSSR count). The fourth-order valence-electron chi connectivity index (χ4n) is 5.05. The summed E-state index contributed by atoms with van der Waals surface area (Å²) in [6.45, 7) is 5.86. The summed E-state index contributed by atoms with van der Waals surface area (Å²) in [4.78, 5) is 22.7. The molecule has 0 aliphatic carbocycles. The van der Waals surface area contributed by atoms with Crippen molar-refractivity contribution in [3.8, 4) is 5.75 Å². The second kappa shape index (κ2) is 12.5. The quantitative estimate of drug-likeness (QED) is 0.299. The summed E-state index contributed by atoms with van der Waals surface area (Å²) in [6, 6.07) is 19.6. The van der Waals surface area contributed by atoms with Crippen molar-refractivity contribution in [3.63, 3.8) is 0 Å². The van der Waals surface area contributed by atoms with Gasteiger partial charge in [0.25, 0.3) is 0 Å². The van der Waals surface area contributed by atoms with E-state index in [9.17, 15) is 4.79 Å². The Morgan fingerprint density at radius 3 is 2.47 bits per heavy atom. The number of benzene rings is 2. The van der Waals surface area contributed by atoms with Gasteiger partial charge in [-0.15, -0.1) is 12.4 Å². The van der Waals surface area contributed by atoms with Crippen LogP contribution in [0, 0.1) is 0 Å². The first-order chi connectivity index (χ1) is 17.2.